The second-order valence-corrected chi connectivity index (χ2v) is 7.01. The second kappa shape index (κ2) is 5.53. The van der Waals surface area contributed by atoms with Crippen molar-refractivity contribution >= 4 is 23.0 Å². The lowest BCUT2D eigenvalue weighted by Crippen LogP contribution is -2.34. The average Bonchev–Trinajstić information content (AvgIpc) is 2.26. The summed E-state index contributed by atoms with van der Waals surface area (Å²) in [5, 5.41) is 8.97. The molecule has 20 heavy (non-hydrogen) atoms. The van der Waals surface area contributed by atoms with Gasteiger partial charge in [0.15, 0.2) is 0 Å². The molecule has 0 radical (unpaired) electrons. The Labute approximate surface area is 117 Å². The first-order valence-electron chi connectivity index (χ1n) is 5.56. The zero-order valence-corrected chi connectivity index (χ0v) is 11.9. The van der Waals surface area contributed by atoms with Gasteiger partial charge >= 0.3 is 12.1 Å². The lowest BCUT2D eigenvalue weighted by molar-refractivity contribution is -0.137. The molecule has 8 heteroatoms. The molecule has 0 bridgehead atoms. The van der Waals surface area contributed by atoms with Crippen LogP contribution in [0.15, 0.2) is 18.2 Å². The molecule has 1 unspecified atom stereocenters. The van der Waals surface area contributed by atoms with E-state index in [4.69, 9.17) is 5.11 Å². The predicted octanol–water partition coefficient (Wildman–Crippen LogP) is 3.28. The van der Waals surface area contributed by atoms with Crippen LogP contribution in [0.3, 0.4) is 0 Å². The Kier molecular flexibility index (Phi) is 4.60. The Hall–Kier alpha value is -1.41. The third kappa shape index (κ3) is 4.04. The summed E-state index contributed by atoms with van der Waals surface area (Å²) in [4.78, 5) is 11.0. The average molecular weight is 309 g/mol. The summed E-state index contributed by atoms with van der Waals surface area (Å²) >= 11 is -1.64. The first kappa shape index (κ1) is 16.6. The van der Waals surface area contributed by atoms with Crippen LogP contribution < -0.4 is 4.72 Å². The minimum Gasteiger partial charge on any atom is -0.593 e. The van der Waals surface area contributed by atoms with Crippen molar-refractivity contribution in [1.29, 1.82) is 0 Å². The minimum atomic E-state index is -4.63. The summed E-state index contributed by atoms with van der Waals surface area (Å²) < 4.78 is 51.3. The van der Waals surface area contributed by atoms with Crippen molar-refractivity contribution in [2.24, 2.45) is 0 Å². The Morgan fingerprint density at radius 2 is 1.85 bits per heavy atom. The third-order valence-electron chi connectivity index (χ3n) is 2.34. The summed E-state index contributed by atoms with van der Waals surface area (Å²) in [6.07, 6.45) is -4.63. The van der Waals surface area contributed by atoms with Gasteiger partial charge in [-0.2, -0.15) is 13.2 Å². The predicted molar refractivity (Wildman–Crippen MR) is 69.9 cm³/mol. The van der Waals surface area contributed by atoms with Gasteiger partial charge in [-0.3, -0.25) is 0 Å². The van der Waals surface area contributed by atoms with Crippen LogP contribution in [-0.2, 0) is 17.5 Å². The molecule has 0 aliphatic rings. The maximum Gasteiger partial charge on any atom is 0.416 e. The number of nitrogens with one attached hydrogen (secondary N) is 1. The van der Waals surface area contributed by atoms with E-state index in [0.29, 0.717) is 6.07 Å². The molecule has 1 rings (SSSR count). The highest BCUT2D eigenvalue weighted by Gasteiger charge is 2.33. The van der Waals surface area contributed by atoms with Crippen LogP contribution in [0.4, 0.5) is 18.9 Å². The van der Waals surface area contributed by atoms with Crippen molar-refractivity contribution in [3.05, 3.63) is 29.3 Å². The van der Waals surface area contributed by atoms with Crippen molar-refractivity contribution in [3.63, 3.8) is 0 Å². The quantitative estimate of drug-likeness (QED) is 0.841. The van der Waals surface area contributed by atoms with Gasteiger partial charge in [0.2, 0.25) is 0 Å². The van der Waals surface area contributed by atoms with Gasteiger partial charge in [-0.15, -0.1) is 0 Å². The van der Waals surface area contributed by atoms with Crippen LogP contribution in [0.2, 0.25) is 0 Å². The first-order chi connectivity index (χ1) is 8.93. The lowest BCUT2D eigenvalue weighted by atomic mass is 10.1. The summed E-state index contributed by atoms with van der Waals surface area (Å²) in [5.74, 6) is -1.52. The Morgan fingerprint density at radius 1 is 1.30 bits per heavy atom. The van der Waals surface area contributed by atoms with Crippen LogP contribution in [0.1, 0.15) is 36.7 Å². The maximum atomic E-state index is 12.5. The fourth-order valence-electron chi connectivity index (χ4n) is 1.24. The van der Waals surface area contributed by atoms with E-state index >= 15 is 0 Å². The van der Waals surface area contributed by atoms with Gasteiger partial charge in [0, 0.05) is 0 Å². The minimum absolute atomic E-state index is 0.112. The van der Waals surface area contributed by atoms with Crippen LogP contribution in [0, 0.1) is 0 Å². The van der Waals surface area contributed by atoms with Crippen molar-refractivity contribution in [1.82, 2.24) is 0 Å². The van der Waals surface area contributed by atoms with E-state index in [9.17, 15) is 22.5 Å². The van der Waals surface area contributed by atoms with Gasteiger partial charge in [0.1, 0.15) is 4.75 Å². The van der Waals surface area contributed by atoms with E-state index in [0.717, 1.165) is 12.1 Å². The van der Waals surface area contributed by atoms with E-state index in [1.54, 1.807) is 20.8 Å². The molecule has 0 amide bonds. The van der Waals surface area contributed by atoms with Crippen LogP contribution in [0.5, 0.6) is 0 Å². The highest BCUT2D eigenvalue weighted by Crippen LogP contribution is 2.32. The number of carboxylic acid groups (broad SMARTS) is 1. The zero-order valence-electron chi connectivity index (χ0n) is 11.0. The van der Waals surface area contributed by atoms with E-state index < -0.39 is 39.4 Å². The fraction of sp³-hybridized carbons (Fsp3) is 0.417. The second-order valence-electron chi connectivity index (χ2n) is 5.05. The SMILES string of the molecule is CC(C)(C)[S+]([O-])Nc1ccc(C(F)(F)F)cc1C(=O)O. The summed E-state index contributed by atoms with van der Waals surface area (Å²) in [6.45, 7) is 4.96. The number of aromatic carboxylic acids is 1. The first-order valence-corrected chi connectivity index (χ1v) is 6.71. The standard InChI is InChI=1S/C12H14F3NO3S/c1-11(2,3)20(19)16-9-5-4-7(12(13,14)15)6-8(9)10(17)18/h4-6,16H,1-3H3,(H,17,18). The molecule has 4 nitrogen and oxygen atoms in total. The summed E-state index contributed by atoms with van der Waals surface area (Å²) in [5.41, 5.74) is -1.75. The normalized spacial score (nSPS) is 13.9. The van der Waals surface area contributed by atoms with Gasteiger partial charge < -0.3 is 9.66 Å². The maximum absolute atomic E-state index is 12.5. The number of benzene rings is 1. The van der Waals surface area contributed by atoms with Gasteiger partial charge in [0.05, 0.1) is 28.2 Å². The van der Waals surface area contributed by atoms with E-state index in [-0.39, 0.29) is 5.69 Å². The zero-order chi connectivity index (χ0) is 15.7. The Balaban J connectivity index is 3.18. The van der Waals surface area contributed by atoms with Crippen molar-refractivity contribution in [3.8, 4) is 0 Å². The van der Waals surface area contributed by atoms with Gasteiger partial charge in [-0.1, -0.05) is 0 Å². The molecule has 0 aliphatic heterocycles. The van der Waals surface area contributed by atoms with Crippen LogP contribution >= 0.6 is 0 Å². The Bertz CT molecular complexity index is 512. The topological polar surface area (TPSA) is 72.4 Å². The Morgan fingerprint density at radius 3 is 2.25 bits per heavy atom. The monoisotopic (exact) mass is 309 g/mol. The molecule has 0 fully saturated rings. The molecule has 1 atom stereocenters. The third-order valence-corrected chi connectivity index (χ3v) is 3.85. The summed E-state index contributed by atoms with van der Waals surface area (Å²) in [7, 11) is 0. The smallest absolute Gasteiger partial charge is 0.416 e. The number of rotatable bonds is 3. The van der Waals surface area contributed by atoms with E-state index in [1.807, 2.05) is 0 Å². The highest BCUT2D eigenvalue weighted by molar-refractivity contribution is 7.94. The number of alkyl halides is 3. The van der Waals surface area contributed by atoms with E-state index in [1.165, 1.54) is 0 Å². The molecular weight excluding hydrogens is 295 g/mol. The van der Waals surface area contributed by atoms with Crippen LogP contribution in [-0.4, -0.2) is 20.4 Å². The molecule has 0 spiro atoms. The largest absolute Gasteiger partial charge is 0.593 e. The summed E-state index contributed by atoms with van der Waals surface area (Å²) in [6, 6.07) is 2.23. The van der Waals surface area contributed by atoms with Crippen molar-refractivity contribution < 1.29 is 27.6 Å². The molecule has 0 saturated carbocycles. The highest BCUT2D eigenvalue weighted by atomic mass is 32.2. The molecule has 1 aromatic carbocycles. The number of anilines is 1. The molecule has 0 saturated heterocycles. The molecule has 0 heterocycles. The molecule has 2 N–H and O–H groups in total. The van der Waals surface area contributed by atoms with E-state index in [2.05, 4.69) is 4.72 Å². The van der Waals surface area contributed by atoms with Crippen molar-refractivity contribution in [2.45, 2.75) is 31.7 Å². The van der Waals surface area contributed by atoms with Crippen molar-refractivity contribution in [2.75, 3.05) is 4.72 Å². The molecule has 1 aromatic rings. The molecular formula is C12H14F3NO3S. The van der Waals surface area contributed by atoms with Gasteiger partial charge in [-0.25, -0.2) is 9.52 Å². The lowest BCUT2D eigenvalue weighted by Gasteiger charge is -2.24. The van der Waals surface area contributed by atoms with Crippen LogP contribution in [0.25, 0.3) is 0 Å². The van der Waals surface area contributed by atoms with Gasteiger partial charge in [0.25, 0.3) is 0 Å². The molecule has 0 aromatic heterocycles. The van der Waals surface area contributed by atoms with Gasteiger partial charge in [-0.05, 0) is 39.0 Å². The number of halogens is 3. The number of hydrogen-bond donors (Lipinski definition) is 2. The number of carboxylic acids is 1. The fourth-order valence-corrected chi connectivity index (χ4v) is 1.92. The molecule has 0 aliphatic carbocycles. The molecule has 112 valence electrons. The number of hydrogen-bond acceptors (Lipinski definition) is 3. The number of carbonyl (C=O) groups is 1.